The summed E-state index contributed by atoms with van der Waals surface area (Å²) < 4.78 is 2.38. The van der Waals surface area contributed by atoms with Crippen LogP contribution in [0.3, 0.4) is 0 Å². The van der Waals surface area contributed by atoms with Crippen LogP contribution in [0.4, 0.5) is 17.1 Å². The molecule has 3 aliphatic rings. The molecule has 0 spiro atoms. The van der Waals surface area contributed by atoms with E-state index >= 15 is 0 Å². The monoisotopic (exact) mass is 738 g/mol. The molecule has 0 radical (unpaired) electrons. The van der Waals surface area contributed by atoms with Crippen LogP contribution in [-0.4, -0.2) is 4.57 Å². The Hall–Kier alpha value is -7.42. The predicted molar refractivity (Wildman–Crippen MR) is 241 cm³/mol. The lowest BCUT2D eigenvalue weighted by Crippen LogP contribution is -2.27. The number of hydrogen-bond donors (Lipinski definition) is 0. The van der Waals surface area contributed by atoms with E-state index in [1.54, 1.807) is 0 Å². The molecule has 58 heavy (non-hydrogen) atoms. The van der Waals surface area contributed by atoms with Crippen molar-refractivity contribution in [3.63, 3.8) is 0 Å². The molecular formula is C56H38N2. The summed E-state index contributed by atoms with van der Waals surface area (Å²) in [5.41, 5.74) is 20.4. The molecule has 10 aromatic rings. The number of hydrogen-bond acceptors (Lipinski definition) is 1. The zero-order valence-corrected chi connectivity index (χ0v) is 31.8. The van der Waals surface area contributed by atoms with Crippen molar-refractivity contribution in [2.24, 2.45) is 0 Å². The highest BCUT2D eigenvalue weighted by atomic mass is 15.1. The molecule has 9 aromatic carbocycles. The Bertz CT molecular complexity index is 3110. The smallest absolute Gasteiger partial charge is 0.0541 e. The minimum atomic E-state index is 0.208. The van der Waals surface area contributed by atoms with Crippen LogP contribution in [0.25, 0.3) is 49.7 Å². The largest absolute Gasteiger partial charge is 0.310 e. The maximum Gasteiger partial charge on any atom is 0.0541 e. The zero-order chi connectivity index (χ0) is 38.2. The van der Waals surface area contributed by atoms with Gasteiger partial charge in [0.05, 0.1) is 11.0 Å². The molecule has 1 aromatic heterocycles. The van der Waals surface area contributed by atoms with E-state index in [2.05, 4.69) is 228 Å². The minimum Gasteiger partial charge on any atom is -0.310 e. The van der Waals surface area contributed by atoms with Crippen LogP contribution in [0.5, 0.6) is 0 Å². The molecule has 0 unspecified atom stereocenters. The fourth-order valence-electron chi connectivity index (χ4n) is 9.98. The van der Waals surface area contributed by atoms with Gasteiger partial charge in [0.15, 0.2) is 0 Å². The first-order valence-electron chi connectivity index (χ1n) is 20.2. The number of aromatic nitrogens is 1. The molecule has 272 valence electrons. The summed E-state index contributed by atoms with van der Waals surface area (Å²) in [6, 6.07) is 80.5. The van der Waals surface area contributed by atoms with Crippen molar-refractivity contribution in [3.05, 3.63) is 252 Å². The van der Waals surface area contributed by atoms with Crippen molar-refractivity contribution in [1.29, 1.82) is 0 Å². The molecule has 0 fully saturated rings. The third kappa shape index (κ3) is 5.05. The third-order valence-electron chi connectivity index (χ3n) is 12.6. The molecular weight excluding hydrogens is 701 g/mol. The van der Waals surface area contributed by atoms with Gasteiger partial charge in [-0.2, -0.15) is 0 Å². The van der Waals surface area contributed by atoms with Crippen molar-refractivity contribution < 1.29 is 0 Å². The highest BCUT2D eigenvalue weighted by molar-refractivity contribution is 6.10. The molecule has 2 nitrogen and oxygen atoms in total. The van der Waals surface area contributed by atoms with Crippen LogP contribution in [0, 0.1) is 0 Å². The van der Waals surface area contributed by atoms with Crippen molar-refractivity contribution in [2.75, 3.05) is 4.90 Å². The van der Waals surface area contributed by atoms with Gasteiger partial charge in [-0.3, -0.25) is 0 Å². The summed E-state index contributed by atoms with van der Waals surface area (Å²) in [5, 5.41) is 2.52. The van der Waals surface area contributed by atoms with Gasteiger partial charge in [0.2, 0.25) is 0 Å². The minimum absolute atomic E-state index is 0.208. The molecule has 0 saturated carbocycles. The first-order valence-corrected chi connectivity index (χ1v) is 20.2. The Morgan fingerprint density at radius 3 is 1.38 bits per heavy atom. The van der Waals surface area contributed by atoms with Crippen molar-refractivity contribution in [1.82, 2.24) is 4.57 Å². The SMILES string of the molecule is c1ccc(-c2ccc(N(c3ccc(-c4ccc5c(c4)c4ccccc4n5-c4ccccc4)cc3)c3ccc4c(c3)C3c5ccccc5C4c4ccccc43)cc2)cc1. The lowest BCUT2D eigenvalue weighted by Gasteiger charge is -2.42. The molecule has 2 heteroatoms. The summed E-state index contributed by atoms with van der Waals surface area (Å²) >= 11 is 0. The fraction of sp³-hybridized carbons (Fsp3) is 0.0357. The van der Waals surface area contributed by atoms with Gasteiger partial charge in [-0.25, -0.2) is 0 Å². The van der Waals surface area contributed by atoms with E-state index in [0.717, 1.165) is 17.1 Å². The molecule has 1 heterocycles. The quantitative estimate of drug-likeness (QED) is 0.165. The molecule has 0 amide bonds. The van der Waals surface area contributed by atoms with Crippen LogP contribution >= 0.6 is 0 Å². The van der Waals surface area contributed by atoms with Crippen molar-refractivity contribution in [3.8, 4) is 27.9 Å². The van der Waals surface area contributed by atoms with Gasteiger partial charge in [-0.15, -0.1) is 0 Å². The Morgan fingerprint density at radius 2 is 0.741 bits per heavy atom. The number of anilines is 3. The molecule has 0 atom stereocenters. The van der Waals surface area contributed by atoms with Gasteiger partial charge >= 0.3 is 0 Å². The van der Waals surface area contributed by atoms with E-state index < -0.39 is 0 Å². The lowest BCUT2D eigenvalue weighted by atomic mass is 9.61. The van der Waals surface area contributed by atoms with E-state index in [1.807, 2.05) is 0 Å². The van der Waals surface area contributed by atoms with E-state index in [4.69, 9.17) is 0 Å². The van der Waals surface area contributed by atoms with Gasteiger partial charge in [-0.05, 0) is 122 Å². The number of fused-ring (bicyclic) bond motifs is 3. The number of rotatable bonds is 6. The molecule has 0 N–H and O–H groups in total. The van der Waals surface area contributed by atoms with Gasteiger partial charge < -0.3 is 9.47 Å². The summed E-state index contributed by atoms with van der Waals surface area (Å²) in [6.07, 6.45) is 0. The van der Waals surface area contributed by atoms with Crippen LogP contribution in [0.2, 0.25) is 0 Å². The molecule has 2 bridgehead atoms. The Kier molecular flexibility index (Phi) is 7.39. The normalized spacial score (nSPS) is 14.9. The van der Waals surface area contributed by atoms with Crippen molar-refractivity contribution >= 4 is 38.9 Å². The first-order chi connectivity index (χ1) is 28.8. The molecule has 3 aliphatic carbocycles. The van der Waals surface area contributed by atoms with Crippen LogP contribution < -0.4 is 4.90 Å². The highest BCUT2D eigenvalue weighted by Crippen LogP contribution is 2.56. The maximum atomic E-state index is 2.47. The standard InChI is InChI=1S/C56H38N2/c1-3-13-37(14-4-1)38-23-28-42(29-24-38)57(44-32-33-50-52(36-44)56-48-20-9-7-18-46(48)55(50)47-19-8-10-21-49(47)56)43-30-25-39(26-31-43)40-27-34-54-51(35-40)45-17-11-12-22-53(45)58(54)41-15-5-2-6-16-41/h1-36,55-56H. The highest BCUT2D eigenvalue weighted by Gasteiger charge is 2.41. The van der Waals surface area contributed by atoms with E-state index in [-0.39, 0.29) is 11.8 Å². The van der Waals surface area contributed by atoms with Gasteiger partial charge in [0, 0.05) is 45.4 Å². The predicted octanol–water partition coefficient (Wildman–Crippen LogP) is 14.6. The summed E-state index contributed by atoms with van der Waals surface area (Å²) in [6.45, 7) is 0. The molecule has 0 saturated heterocycles. The second-order valence-electron chi connectivity index (χ2n) is 15.7. The Balaban J connectivity index is 0.971. The summed E-state index contributed by atoms with van der Waals surface area (Å²) in [7, 11) is 0. The fourth-order valence-corrected chi connectivity index (χ4v) is 9.98. The Morgan fingerprint density at radius 1 is 0.293 bits per heavy atom. The van der Waals surface area contributed by atoms with Crippen molar-refractivity contribution in [2.45, 2.75) is 11.8 Å². The Labute approximate surface area is 338 Å². The van der Waals surface area contributed by atoms with Gasteiger partial charge in [-0.1, -0.05) is 152 Å². The van der Waals surface area contributed by atoms with E-state index in [1.165, 1.54) is 83.1 Å². The average molecular weight is 739 g/mol. The topological polar surface area (TPSA) is 8.17 Å². The van der Waals surface area contributed by atoms with Crippen LogP contribution in [0.15, 0.2) is 218 Å². The summed E-state index contributed by atoms with van der Waals surface area (Å²) in [5.74, 6) is 0.457. The van der Waals surface area contributed by atoms with Crippen LogP contribution in [0.1, 0.15) is 45.2 Å². The number of para-hydroxylation sites is 2. The second-order valence-corrected chi connectivity index (χ2v) is 15.7. The lowest BCUT2D eigenvalue weighted by molar-refractivity contribution is 0.754. The van der Waals surface area contributed by atoms with E-state index in [0.29, 0.717) is 0 Å². The maximum absolute atomic E-state index is 2.47. The van der Waals surface area contributed by atoms with E-state index in [9.17, 15) is 0 Å². The average Bonchev–Trinajstić information content (AvgIpc) is 3.63. The van der Waals surface area contributed by atoms with Gasteiger partial charge in [0.25, 0.3) is 0 Å². The zero-order valence-electron chi connectivity index (χ0n) is 31.8. The van der Waals surface area contributed by atoms with Gasteiger partial charge in [0.1, 0.15) is 0 Å². The number of nitrogens with zero attached hydrogens (tertiary/aromatic N) is 2. The van der Waals surface area contributed by atoms with Crippen LogP contribution in [-0.2, 0) is 0 Å². The second kappa shape index (κ2) is 13.1. The summed E-state index contributed by atoms with van der Waals surface area (Å²) in [4.78, 5) is 2.43. The number of benzene rings is 9. The first kappa shape index (κ1) is 32.8. The molecule has 0 aliphatic heterocycles. The third-order valence-corrected chi connectivity index (χ3v) is 12.6. The molecule has 13 rings (SSSR count).